The lowest BCUT2D eigenvalue weighted by Gasteiger charge is -2.19. The topological polar surface area (TPSA) is 95.3 Å². The van der Waals surface area contributed by atoms with Gasteiger partial charge in [0.2, 0.25) is 0 Å². The minimum Gasteiger partial charge on any atom is -0.464 e. The Hall–Kier alpha value is -3.42. The summed E-state index contributed by atoms with van der Waals surface area (Å²) in [7, 11) is 1.30. The van der Waals surface area contributed by atoms with Gasteiger partial charge >= 0.3 is 12.1 Å². The maximum absolute atomic E-state index is 11.9. The highest BCUT2D eigenvalue weighted by molar-refractivity contribution is 5.90. The van der Waals surface area contributed by atoms with E-state index in [1.54, 1.807) is 62.0 Å². The third kappa shape index (κ3) is 4.41. The van der Waals surface area contributed by atoms with E-state index in [2.05, 4.69) is 15.4 Å². The molecule has 8 heteroatoms. The Labute approximate surface area is 156 Å². The van der Waals surface area contributed by atoms with Crippen molar-refractivity contribution in [2.45, 2.75) is 26.4 Å². The molecule has 0 bridgehead atoms. The summed E-state index contributed by atoms with van der Waals surface area (Å²) >= 11 is 0. The lowest BCUT2D eigenvalue weighted by Crippen LogP contribution is -2.27. The third-order valence-corrected chi connectivity index (χ3v) is 3.55. The number of pyridine rings is 1. The Bertz CT molecular complexity index is 1000. The van der Waals surface area contributed by atoms with Crippen LogP contribution in [0.3, 0.4) is 0 Å². The SMILES string of the molecule is COC(=O)c1cc(-n2cc3cc(NC(=O)OC(C)(C)C)ccc3n2)ccn1. The van der Waals surface area contributed by atoms with E-state index in [1.165, 1.54) is 13.3 Å². The molecule has 2 heterocycles. The lowest BCUT2D eigenvalue weighted by molar-refractivity contribution is 0.0591. The maximum Gasteiger partial charge on any atom is 0.412 e. The summed E-state index contributed by atoms with van der Waals surface area (Å²) < 4.78 is 11.6. The van der Waals surface area contributed by atoms with Gasteiger partial charge in [0.1, 0.15) is 11.3 Å². The van der Waals surface area contributed by atoms with Crippen molar-refractivity contribution in [2.24, 2.45) is 0 Å². The summed E-state index contributed by atoms with van der Waals surface area (Å²) in [6.07, 6.45) is 2.79. The third-order valence-electron chi connectivity index (χ3n) is 3.55. The highest BCUT2D eigenvalue weighted by Crippen LogP contribution is 2.21. The van der Waals surface area contributed by atoms with Crippen LogP contribution in [0.5, 0.6) is 0 Å². The second-order valence-corrected chi connectivity index (χ2v) is 6.87. The van der Waals surface area contributed by atoms with E-state index in [4.69, 9.17) is 9.47 Å². The van der Waals surface area contributed by atoms with E-state index in [9.17, 15) is 9.59 Å². The first-order valence-electron chi connectivity index (χ1n) is 8.29. The highest BCUT2D eigenvalue weighted by Gasteiger charge is 2.16. The molecule has 0 saturated heterocycles. The van der Waals surface area contributed by atoms with Crippen molar-refractivity contribution in [1.29, 1.82) is 0 Å². The monoisotopic (exact) mass is 368 g/mol. The molecule has 3 aromatic rings. The molecule has 3 rings (SSSR count). The molecule has 8 nitrogen and oxygen atoms in total. The van der Waals surface area contributed by atoms with Crippen LogP contribution in [0.15, 0.2) is 42.7 Å². The van der Waals surface area contributed by atoms with E-state index in [0.29, 0.717) is 11.4 Å². The van der Waals surface area contributed by atoms with Crippen molar-refractivity contribution < 1.29 is 19.1 Å². The summed E-state index contributed by atoms with van der Waals surface area (Å²) in [5.41, 5.74) is 1.63. The van der Waals surface area contributed by atoms with E-state index >= 15 is 0 Å². The highest BCUT2D eigenvalue weighted by atomic mass is 16.6. The number of nitrogens with zero attached hydrogens (tertiary/aromatic N) is 3. The van der Waals surface area contributed by atoms with Gasteiger partial charge in [-0.2, -0.15) is 5.10 Å². The minimum absolute atomic E-state index is 0.196. The number of carbonyl (C=O) groups excluding carboxylic acids is 2. The van der Waals surface area contributed by atoms with Gasteiger partial charge in [-0.25, -0.2) is 19.3 Å². The number of amides is 1. The number of anilines is 1. The number of ether oxygens (including phenoxy) is 2. The van der Waals surface area contributed by atoms with Gasteiger partial charge in [-0.15, -0.1) is 0 Å². The van der Waals surface area contributed by atoms with Crippen LogP contribution in [0.2, 0.25) is 0 Å². The average molecular weight is 368 g/mol. The number of hydrogen-bond acceptors (Lipinski definition) is 6. The van der Waals surface area contributed by atoms with Gasteiger partial charge in [-0.3, -0.25) is 5.32 Å². The molecule has 1 aromatic carbocycles. The number of aromatic nitrogens is 3. The van der Waals surface area contributed by atoms with Crippen molar-refractivity contribution in [3.63, 3.8) is 0 Å². The average Bonchev–Trinajstić information content (AvgIpc) is 3.03. The molecule has 0 saturated carbocycles. The molecule has 0 aliphatic carbocycles. The molecule has 0 aliphatic heterocycles. The molecular formula is C19H20N4O4. The molecule has 27 heavy (non-hydrogen) atoms. The number of methoxy groups -OCH3 is 1. The zero-order valence-electron chi connectivity index (χ0n) is 15.5. The Morgan fingerprint density at radius 3 is 2.63 bits per heavy atom. The lowest BCUT2D eigenvalue weighted by atomic mass is 10.2. The van der Waals surface area contributed by atoms with Crippen molar-refractivity contribution in [3.8, 4) is 5.69 Å². The number of benzene rings is 1. The van der Waals surface area contributed by atoms with Crippen LogP contribution in [-0.4, -0.2) is 39.5 Å². The molecular weight excluding hydrogens is 348 g/mol. The Morgan fingerprint density at radius 1 is 1.15 bits per heavy atom. The van der Waals surface area contributed by atoms with E-state index < -0.39 is 17.7 Å². The number of esters is 1. The number of fused-ring (bicyclic) bond motifs is 1. The van der Waals surface area contributed by atoms with Crippen LogP contribution in [0, 0.1) is 0 Å². The summed E-state index contributed by atoms with van der Waals surface area (Å²) in [6.45, 7) is 5.41. The molecule has 1 amide bonds. The standard InChI is InChI=1S/C19H20N4O4/c1-19(2,3)27-18(25)21-13-5-6-15-12(9-13)11-23(22-15)14-7-8-20-16(10-14)17(24)26-4/h5-11H,1-4H3,(H,21,25). The molecule has 1 N–H and O–H groups in total. The van der Waals surface area contributed by atoms with Crippen molar-refractivity contribution >= 4 is 28.7 Å². The fourth-order valence-corrected chi connectivity index (χ4v) is 2.44. The van der Waals surface area contributed by atoms with Gasteiger partial charge in [0, 0.05) is 23.5 Å². The normalized spacial score (nSPS) is 11.3. The Kier molecular flexibility index (Phi) is 4.81. The van der Waals surface area contributed by atoms with Gasteiger partial charge < -0.3 is 9.47 Å². The van der Waals surface area contributed by atoms with Crippen LogP contribution in [0.4, 0.5) is 10.5 Å². The van der Waals surface area contributed by atoms with Gasteiger partial charge in [-0.05, 0) is 51.1 Å². The van der Waals surface area contributed by atoms with Gasteiger partial charge in [0.25, 0.3) is 0 Å². The zero-order valence-corrected chi connectivity index (χ0v) is 15.5. The van der Waals surface area contributed by atoms with Crippen LogP contribution >= 0.6 is 0 Å². The fraction of sp³-hybridized carbons (Fsp3) is 0.263. The van der Waals surface area contributed by atoms with Crippen LogP contribution in [0.25, 0.3) is 16.6 Å². The van der Waals surface area contributed by atoms with Crippen LogP contribution < -0.4 is 5.32 Å². The Morgan fingerprint density at radius 2 is 1.93 bits per heavy atom. The quantitative estimate of drug-likeness (QED) is 0.710. The number of carbonyl (C=O) groups is 2. The summed E-state index contributed by atoms with van der Waals surface area (Å²) in [6, 6.07) is 8.66. The second-order valence-electron chi connectivity index (χ2n) is 6.87. The number of nitrogens with one attached hydrogen (secondary N) is 1. The fourth-order valence-electron chi connectivity index (χ4n) is 2.44. The smallest absolute Gasteiger partial charge is 0.412 e. The molecule has 0 aliphatic rings. The summed E-state index contributed by atoms with van der Waals surface area (Å²) in [5, 5.41) is 8.00. The molecule has 0 atom stereocenters. The van der Waals surface area contributed by atoms with E-state index in [1.807, 2.05) is 0 Å². The first-order valence-corrected chi connectivity index (χ1v) is 8.29. The zero-order chi connectivity index (χ0) is 19.6. The Balaban J connectivity index is 1.86. The van der Waals surface area contributed by atoms with Crippen molar-refractivity contribution in [3.05, 3.63) is 48.4 Å². The first-order chi connectivity index (χ1) is 12.7. The largest absolute Gasteiger partial charge is 0.464 e. The van der Waals surface area contributed by atoms with Crippen LogP contribution in [-0.2, 0) is 9.47 Å². The molecule has 0 spiro atoms. The summed E-state index contributed by atoms with van der Waals surface area (Å²) in [4.78, 5) is 27.6. The molecule has 0 fully saturated rings. The molecule has 2 aromatic heterocycles. The molecule has 140 valence electrons. The van der Waals surface area contributed by atoms with Gasteiger partial charge in [-0.1, -0.05) is 0 Å². The van der Waals surface area contributed by atoms with E-state index in [0.717, 1.165) is 10.9 Å². The predicted octanol–water partition coefficient (Wildman–Crippen LogP) is 3.55. The second kappa shape index (κ2) is 7.06. The number of rotatable bonds is 3. The van der Waals surface area contributed by atoms with Crippen molar-refractivity contribution in [1.82, 2.24) is 14.8 Å². The maximum atomic E-state index is 11.9. The number of hydrogen-bond donors (Lipinski definition) is 1. The van der Waals surface area contributed by atoms with E-state index in [-0.39, 0.29) is 5.69 Å². The molecule has 0 unspecified atom stereocenters. The van der Waals surface area contributed by atoms with Gasteiger partial charge in [0.05, 0.1) is 18.3 Å². The van der Waals surface area contributed by atoms with Gasteiger partial charge in [0.15, 0.2) is 0 Å². The van der Waals surface area contributed by atoms with Crippen molar-refractivity contribution in [2.75, 3.05) is 12.4 Å². The van der Waals surface area contributed by atoms with Crippen LogP contribution in [0.1, 0.15) is 31.3 Å². The first kappa shape index (κ1) is 18.4. The molecule has 0 radical (unpaired) electrons. The minimum atomic E-state index is -0.572. The predicted molar refractivity (Wildman–Crippen MR) is 100 cm³/mol. The summed E-state index contributed by atoms with van der Waals surface area (Å²) in [5.74, 6) is -0.516.